The highest BCUT2D eigenvalue weighted by molar-refractivity contribution is 5.23. The summed E-state index contributed by atoms with van der Waals surface area (Å²) in [5.74, 6) is 0. The molecule has 0 saturated heterocycles. The summed E-state index contributed by atoms with van der Waals surface area (Å²) in [4.78, 5) is 0. The SMILES string of the molecule is [CH]=CC=CC=CC=CC=CC=CC=CC=CC=CC=CC=CC=CC. The van der Waals surface area contributed by atoms with Crippen molar-refractivity contribution in [1.82, 2.24) is 0 Å². The molecule has 0 N–H and O–H groups in total. The van der Waals surface area contributed by atoms with Gasteiger partial charge >= 0.3 is 0 Å². The Bertz CT molecular complexity index is 634. The molecule has 25 heavy (non-hydrogen) atoms. The Morgan fingerprint density at radius 3 is 0.720 bits per heavy atom. The van der Waals surface area contributed by atoms with E-state index >= 15 is 0 Å². The second-order valence-corrected chi connectivity index (χ2v) is 4.57. The summed E-state index contributed by atoms with van der Waals surface area (Å²) < 4.78 is 0. The van der Waals surface area contributed by atoms with Gasteiger partial charge in [0.2, 0.25) is 0 Å². The molecule has 1 radical (unpaired) electrons. The molecular formula is C25H27. The molecule has 0 aliphatic rings. The third-order valence-electron chi connectivity index (χ3n) is 2.53. The molecule has 0 amide bonds. The lowest BCUT2D eigenvalue weighted by Crippen LogP contribution is -1.54. The summed E-state index contributed by atoms with van der Waals surface area (Å²) in [5.41, 5.74) is 0. The molecule has 0 saturated carbocycles. The van der Waals surface area contributed by atoms with Crippen LogP contribution >= 0.6 is 0 Å². The van der Waals surface area contributed by atoms with Crippen molar-refractivity contribution in [3.05, 3.63) is 146 Å². The highest BCUT2D eigenvalue weighted by Gasteiger charge is 1.65. The van der Waals surface area contributed by atoms with Gasteiger partial charge in [-0.1, -0.05) is 146 Å². The summed E-state index contributed by atoms with van der Waals surface area (Å²) in [7, 11) is 0. The minimum absolute atomic E-state index is 1.50. The summed E-state index contributed by atoms with van der Waals surface area (Å²) in [6, 6.07) is 0. The molecule has 0 aliphatic heterocycles. The van der Waals surface area contributed by atoms with Crippen molar-refractivity contribution >= 4 is 0 Å². The number of allylic oxidation sites excluding steroid dienone is 23. The van der Waals surface area contributed by atoms with Crippen LogP contribution in [0.4, 0.5) is 0 Å². The van der Waals surface area contributed by atoms with Crippen molar-refractivity contribution in [2.75, 3.05) is 0 Å². The van der Waals surface area contributed by atoms with E-state index in [0.29, 0.717) is 0 Å². The molecule has 0 nitrogen and oxygen atoms in total. The van der Waals surface area contributed by atoms with E-state index in [1.165, 1.54) is 6.08 Å². The van der Waals surface area contributed by atoms with E-state index in [9.17, 15) is 0 Å². The van der Waals surface area contributed by atoms with Crippen molar-refractivity contribution < 1.29 is 0 Å². The van der Waals surface area contributed by atoms with Gasteiger partial charge in [-0.2, -0.15) is 0 Å². The molecule has 0 aromatic carbocycles. The van der Waals surface area contributed by atoms with Crippen LogP contribution in [0.5, 0.6) is 0 Å². The molecule has 0 atom stereocenters. The maximum atomic E-state index is 5.21. The lowest BCUT2D eigenvalue weighted by Gasteiger charge is -1.76. The van der Waals surface area contributed by atoms with Gasteiger partial charge < -0.3 is 0 Å². The lowest BCUT2D eigenvalue weighted by atomic mass is 10.3. The van der Waals surface area contributed by atoms with Gasteiger partial charge in [-0.3, -0.25) is 0 Å². The van der Waals surface area contributed by atoms with Gasteiger partial charge in [-0.25, -0.2) is 0 Å². The van der Waals surface area contributed by atoms with Crippen LogP contribution in [0.1, 0.15) is 6.92 Å². The molecule has 0 rings (SSSR count). The Labute approximate surface area is 153 Å². The average molecular weight is 327 g/mol. The number of rotatable bonds is 11. The van der Waals surface area contributed by atoms with Crippen molar-refractivity contribution in [2.45, 2.75) is 6.92 Å². The molecule has 0 aromatic rings. The van der Waals surface area contributed by atoms with Crippen LogP contribution in [0, 0.1) is 6.58 Å². The Kier molecular flexibility index (Phi) is 18.3. The zero-order valence-electron chi connectivity index (χ0n) is 14.9. The van der Waals surface area contributed by atoms with Gasteiger partial charge in [0, 0.05) is 0 Å². The molecule has 0 heteroatoms. The quantitative estimate of drug-likeness (QED) is 0.355. The average Bonchev–Trinajstić information content (AvgIpc) is 2.63. The van der Waals surface area contributed by atoms with E-state index in [-0.39, 0.29) is 0 Å². The molecular weight excluding hydrogens is 300 g/mol. The van der Waals surface area contributed by atoms with E-state index in [0.717, 1.165) is 0 Å². The van der Waals surface area contributed by atoms with Gasteiger partial charge in [0.15, 0.2) is 0 Å². The molecule has 0 unspecified atom stereocenters. The Balaban J connectivity index is 3.92. The van der Waals surface area contributed by atoms with Crippen molar-refractivity contribution in [2.24, 2.45) is 0 Å². The van der Waals surface area contributed by atoms with E-state index < -0.39 is 0 Å². The Morgan fingerprint density at radius 2 is 0.520 bits per heavy atom. The van der Waals surface area contributed by atoms with Crippen LogP contribution in [-0.2, 0) is 0 Å². The highest BCUT2D eigenvalue weighted by Crippen LogP contribution is 1.87. The van der Waals surface area contributed by atoms with E-state index in [2.05, 4.69) is 0 Å². The third-order valence-corrected chi connectivity index (χ3v) is 2.53. The monoisotopic (exact) mass is 327 g/mol. The number of hydrogen-bond acceptors (Lipinski definition) is 0. The fourth-order valence-electron chi connectivity index (χ4n) is 1.39. The van der Waals surface area contributed by atoms with Crippen LogP contribution in [0.15, 0.2) is 140 Å². The zero-order chi connectivity index (χ0) is 18.3. The predicted molar refractivity (Wildman–Crippen MR) is 115 cm³/mol. The highest BCUT2D eigenvalue weighted by atomic mass is 13.7. The molecule has 0 fully saturated rings. The summed E-state index contributed by atoms with van der Waals surface area (Å²) in [5, 5.41) is 0. The fraction of sp³-hybridized carbons (Fsp3) is 0.0400. The first-order valence-corrected chi connectivity index (χ1v) is 8.24. The molecule has 0 heterocycles. The van der Waals surface area contributed by atoms with Gasteiger partial charge in [0.25, 0.3) is 0 Å². The summed E-state index contributed by atoms with van der Waals surface area (Å²) in [6.45, 7) is 7.21. The van der Waals surface area contributed by atoms with Crippen molar-refractivity contribution in [1.29, 1.82) is 0 Å². The van der Waals surface area contributed by atoms with E-state index in [1.54, 1.807) is 6.08 Å². The van der Waals surface area contributed by atoms with Crippen LogP contribution < -0.4 is 0 Å². The second-order valence-electron chi connectivity index (χ2n) is 4.57. The maximum Gasteiger partial charge on any atom is -0.0467 e. The first kappa shape index (κ1) is 21.9. The van der Waals surface area contributed by atoms with Gasteiger partial charge in [0.05, 0.1) is 0 Å². The Morgan fingerprint density at radius 1 is 0.320 bits per heavy atom. The first-order valence-electron chi connectivity index (χ1n) is 8.24. The Hall–Kier alpha value is -3.12. The standard InChI is InChI=1S/C25H27/c1-3-5-7-9-11-13-15-17-19-21-23-25-24-22-20-18-16-14-12-10-8-6-4-2/h1,3-25H,2H3. The van der Waals surface area contributed by atoms with Crippen LogP contribution in [-0.4, -0.2) is 0 Å². The summed E-state index contributed by atoms with van der Waals surface area (Å²) >= 11 is 0. The number of hydrogen-bond donors (Lipinski definition) is 0. The van der Waals surface area contributed by atoms with Crippen molar-refractivity contribution in [3.8, 4) is 0 Å². The minimum Gasteiger partial charge on any atom is -0.0877 e. The zero-order valence-corrected chi connectivity index (χ0v) is 14.9. The normalized spacial score (nSPS) is 14.6. The van der Waals surface area contributed by atoms with Gasteiger partial charge in [0.1, 0.15) is 0 Å². The topological polar surface area (TPSA) is 0 Å². The van der Waals surface area contributed by atoms with Crippen molar-refractivity contribution in [3.63, 3.8) is 0 Å². The smallest absolute Gasteiger partial charge is 0.0467 e. The fourth-order valence-corrected chi connectivity index (χ4v) is 1.39. The van der Waals surface area contributed by atoms with Crippen LogP contribution in [0.2, 0.25) is 0 Å². The molecule has 0 aliphatic carbocycles. The summed E-state index contributed by atoms with van der Waals surface area (Å²) in [6.07, 6.45) is 44.8. The largest absolute Gasteiger partial charge is 0.0877 e. The first-order chi connectivity index (χ1) is 12.4. The van der Waals surface area contributed by atoms with Gasteiger partial charge in [-0.05, 0) is 6.92 Å². The molecule has 0 bridgehead atoms. The van der Waals surface area contributed by atoms with Gasteiger partial charge in [-0.15, -0.1) is 0 Å². The van der Waals surface area contributed by atoms with Crippen LogP contribution in [0.3, 0.4) is 0 Å². The minimum atomic E-state index is 1.50. The lowest BCUT2D eigenvalue weighted by molar-refractivity contribution is 1.73. The third kappa shape index (κ3) is 20.9. The molecule has 127 valence electrons. The maximum absolute atomic E-state index is 5.21. The molecule has 0 spiro atoms. The molecule has 0 aromatic heterocycles. The van der Waals surface area contributed by atoms with E-state index in [1.807, 2.05) is 135 Å². The van der Waals surface area contributed by atoms with E-state index in [4.69, 9.17) is 6.58 Å². The van der Waals surface area contributed by atoms with Crippen LogP contribution in [0.25, 0.3) is 0 Å². The predicted octanol–water partition coefficient (Wildman–Crippen LogP) is 7.11. The second kappa shape index (κ2) is 20.9.